The third kappa shape index (κ3) is 103. The molecule has 0 saturated heterocycles. The van der Waals surface area contributed by atoms with Crippen LogP contribution in [0.15, 0.2) is 295 Å². The maximum absolute atomic E-state index is 10.3. The maximum Gasteiger partial charge on any atom is 0.0866 e. The number of alkyl halides is 8. The predicted octanol–water partition coefficient (Wildman–Crippen LogP) is 32.8. The van der Waals surface area contributed by atoms with E-state index in [0.717, 1.165) is 47.6 Å². The van der Waals surface area contributed by atoms with Gasteiger partial charge in [0.15, 0.2) is 0 Å². The smallest absolute Gasteiger partial charge is 0.0866 e. The number of unbranched alkanes of at least 4 members (excludes halogenated alkanes) is 5. The van der Waals surface area contributed by atoms with Crippen LogP contribution in [0.4, 0.5) is 4.39 Å². The zero-order valence-electron chi connectivity index (χ0n) is 62.0. The second-order valence-corrected chi connectivity index (χ2v) is 23.7. The normalized spacial score (nSPS) is 8.34. The zero-order valence-corrected chi connectivity index (χ0v) is 68.9. The minimum atomic E-state index is -0.250. The highest BCUT2D eigenvalue weighted by Crippen LogP contribution is 2.04. The molecule has 0 radical (unpaired) electrons. The van der Waals surface area contributed by atoms with Crippen LogP contribution < -0.4 is 0 Å². The molecule has 0 fully saturated rings. The summed E-state index contributed by atoms with van der Waals surface area (Å²) in [6.45, 7) is 46.9. The Bertz CT molecular complexity index is 2210. The quantitative estimate of drug-likeness (QED) is 0.0593. The van der Waals surface area contributed by atoms with Gasteiger partial charge in [-0.1, -0.05) is 463 Å². The van der Waals surface area contributed by atoms with Gasteiger partial charge in [-0.15, -0.1) is 58.0 Å². The summed E-state index contributed by atoms with van der Waals surface area (Å²) >= 11 is 32.7. The number of hydrogen-bond acceptors (Lipinski definition) is 0. The summed E-state index contributed by atoms with van der Waals surface area (Å²) in [6.07, 6.45) is 25.9. The van der Waals surface area contributed by atoms with Crippen molar-refractivity contribution < 1.29 is 4.39 Å². The molecule has 0 saturated carbocycles. The van der Waals surface area contributed by atoms with Crippen molar-refractivity contribution in [2.24, 2.45) is 5.92 Å². The largest absolute Gasteiger partial charge is 0.251 e. The van der Waals surface area contributed by atoms with E-state index < -0.39 is 0 Å². The molecule has 0 bridgehead atoms. The molecule has 8 aromatic carbocycles. The van der Waals surface area contributed by atoms with Crippen LogP contribution >= 0.6 is 89.9 Å². The van der Waals surface area contributed by atoms with Gasteiger partial charge in [-0.05, 0) is 83.0 Å². The molecule has 0 aliphatic heterocycles. The molecule has 8 rings (SSSR count). The lowest BCUT2D eigenvalue weighted by Gasteiger charge is -1.88. The van der Waals surface area contributed by atoms with Crippen LogP contribution in [0.5, 0.6) is 0 Å². The van der Waals surface area contributed by atoms with Crippen molar-refractivity contribution in [1.82, 2.24) is 0 Å². The predicted molar refractivity (Wildman–Crippen MR) is 476 cm³/mol. The Morgan fingerprint density at radius 3 is 0.485 bits per heavy atom. The number of rotatable bonds is 18. The van der Waals surface area contributed by atoms with Gasteiger partial charge in [0.2, 0.25) is 0 Å². The van der Waals surface area contributed by atoms with E-state index >= 15 is 0 Å². The molecule has 0 aliphatic rings. The Kier molecular flexibility index (Phi) is 113. The van der Waals surface area contributed by atoms with E-state index in [-0.39, 0.29) is 6.67 Å². The van der Waals surface area contributed by atoms with Crippen LogP contribution in [0, 0.1) is 5.92 Å². The molecule has 0 amide bonds. The van der Waals surface area contributed by atoms with E-state index in [2.05, 4.69) is 119 Å². The van der Waals surface area contributed by atoms with Crippen molar-refractivity contribution in [1.29, 1.82) is 0 Å². The SMILES string of the molecule is C=Cc1ccccc1.C=Cc1ccccc1.C=Cc1ccccc1.C=Cc1ccccc1.C=Cc1ccccc1.C=Cc1ccccc1.C=Cc1ccccc1.C=Cc1ccccc1.CC(C)CCl.CCBr.CCCCCBr.CCCCCCl.CCCCCl.CCCCl.CCCl.CCF. The highest BCUT2D eigenvalue weighted by molar-refractivity contribution is 9.09. The summed E-state index contributed by atoms with van der Waals surface area (Å²) in [5.74, 6) is 4.58. The van der Waals surface area contributed by atoms with Crippen molar-refractivity contribution in [2.45, 2.75) is 120 Å². The summed E-state index contributed by atoms with van der Waals surface area (Å²) < 4.78 is 10.3. The molecule has 0 atom stereocenters. The first-order chi connectivity index (χ1) is 48.1. The van der Waals surface area contributed by atoms with Gasteiger partial charge in [0.1, 0.15) is 0 Å². The molecule has 0 heterocycles. The summed E-state index contributed by atoms with van der Waals surface area (Å²) in [4.78, 5) is 0. The lowest BCUT2D eigenvalue weighted by atomic mass is 10.2. The van der Waals surface area contributed by atoms with Crippen molar-refractivity contribution in [3.05, 3.63) is 340 Å². The van der Waals surface area contributed by atoms with Crippen LogP contribution in [-0.2, 0) is 0 Å². The third-order valence-electron chi connectivity index (χ3n) is 10.7. The molecule has 0 spiro atoms. The first-order valence-electron chi connectivity index (χ1n) is 34.0. The van der Waals surface area contributed by atoms with E-state index in [1.54, 1.807) is 0 Å². The topological polar surface area (TPSA) is 0 Å². The van der Waals surface area contributed by atoms with Crippen molar-refractivity contribution in [2.75, 3.05) is 46.7 Å². The average Bonchev–Trinajstić information content (AvgIpc) is 3.90. The van der Waals surface area contributed by atoms with Gasteiger partial charge >= 0.3 is 0 Å². The second-order valence-electron chi connectivity index (χ2n) is 19.8. The summed E-state index contributed by atoms with van der Waals surface area (Å²) in [7, 11) is 0. The van der Waals surface area contributed by atoms with Crippen LogP contribution in [-0.4, -0.2) is 46.7 Å². The summed E-state index contributed by atoms with van der Waals surface area (Å²) in [6, 6.07) is 80.2. The van der Waals surface area contributed by atoms with Crippen molar-refractivity contribution in [3.8, 4) is 0 Å². The molecule has 99 heavy (non-hydrogen) atoms. The van der Waals surface area contributed by atoms with E-state index in [9.17, 15) is 4.39 Å². The monoisotopic (exact) mass is 1570 g/mol. The molecular weight excluding hydrogens is 1450 g/mol. The third-order valence-corrected chi connectivity index (χ3v) is 12.8. The number of halogens is 8. The average molecular weight is 1580 g/mol. The molecular formula is C91H126Br2Cl5F. The fourth-order valence-electron chi connectivity index (χ4n) is 5.54. The van der Waals surface area contributed by atoms with E-state index in [1.807, 2.05) is 312 Å². The van der Waals surface area contributed by atoms with Gasteiger partial charge in [0.25, 0.3) is 0 Å². The highest BCUT2D eigenvalue weighted by Gasteiger charge is 1.84. The van der Waals surface area contributed by atoms with E-state index in [1.165, 1.54) is 102 Å². The molecule has 0 unspecified atom stereocenters. The molecule has 0 aromatic heterocycles. The summed E-state index contributed by atoms with van der Waals surface area (Å²) in [5, 5.41) is 2.23. The molecule has 8 aromatic rings. The maximum atomic E-state index is 10.3. The van der Waals surface area contributed by atoms with E-state index in [0.29, 0.717) is 5.92 Å². The first kappa shape index (κ1) is 109. The molecule has 0 nitrogen and oxygen atoms in total. The van der Waals surface area contributed by atoms with Crippen molar-refractivity contribution in [3.63, 3.8) is 0 Å². The number of benzene rings is 8. The Morgan fingerprint density at radius 1 is 0.293 bits per heavy atom. The minimum Gasteiger partial charge on any atom is -0.251 e. The summed E-state index contributed by atoms with van der Waals surface area (Å²) in [5.41, 5.74) is 9.39. The van der Waals surface area contributed by atoms with Gasteiger partial charge in [-0.25, -0.2) is 0 Å². The van der Waals surface area contributed by atoms with Crippen LogP contribution in [0.2, 0.25) is 0 Å². The lowest BCUT2D eigenvalue weighted by molar-refractivity contribution is 0.527. The zero-order chi connectivity index (χ0) is 76.2. The van der Waals surface area contributed by atoms with Crippen LogP contribution in [0.3, 0.4) is 0 Å². The van der Waals surface area contributed by atoms with Gasteiger partial charge in [-0.2, -0.15) is 0 Å². The fourth-order valence-corrected chi connectivity index (χ4v) is 6.39. The second kappa shape index (κ2) is 103. The molecule has 546 valence electrons. The molecule has 0 aliphatic carbocycles. The Balaban J connectivity index is -0.000000150. The number of hydrogen-bond donors (Lipinski definition) is 0. The van der Waals surface area contributed by atoms with Crippen LogP contribution in [0.25, 0.3) is 48.6 Å². The highest BCUT2D eigenvalue weighted by atomic mass is 79.9. The molecule has 8 heteroatoms. The minimum absolute atomic E-state index is 0.250. The van der Waals surface area contributed by atoms with Gasteiger partial charge in [0.05, 0.1) is 6.67 Å². The van der Waals surface area contributed by atoms with Gasteiger partial charge in [0, 0.05) is 40.1 Å². The van der Waals surface area contributed by atoms with Gasteiger partial charge in [-0.3, -0.25) is 4.39 Å². The van der Waals surface area contributed by atoms with Gasteiger partial charge < -0.3 is 0 Å². The first-order valence-corrected chi connectivity index (χ1v) is 38.9. The Labute approximate surface area is 650 Å². The standard InChI is InChI=1S/8C8H8.C5H11Br.C5H11Cl.2C4H9Cl.C3H7Cl.C2H5Br.C2H5Cl.C2H5F/c8*1-2-8-6-4-3-5-7-8;2*1-2-3-4-5-6;1-4(2)3-5;1-2-3-4-5;1-2-3-4;3*1-2-3/h8*2-7H,1H2;2*2-5H2,1H3;4H,3H2,1-2H3;2-4H2,1H3;2-3H2,1H3;3*2H2,1H3. The van der Waals surface area contributed by atoms with Crippen molar-refractivity contribution >= 4 is 138 Å². The Morgan fingerprint density at radius 2 is 0.434 bits per heavy atom. The fraction of sp³-hybridized carbons (Fsp3) is 0.297. The lowest BCUT2D eigenvalue weighted by Crippen LogP contribution is -1.83. The van der Waals surface area contributed by atoms with E-state index in [4.69, 9.17) is 58.0 Å². The Hall–Kier alpha value is -5.98. The molecule has 0 N–H and O–H groups in total. The van der Waals surface area contributed by atoms with Crippen LogP contribution in [0.1, 0.15) is 165 Å².